The SMILES string of the molecule is COC(=O)C[C@H](N[S@](=O)C(C)(C)C)c1cccc(-n2cccn2)c1. The third-order valence-corrected chi connectivity index (χ3v) is 5.06. The molecule has 0 saturated heterocycles. The quantitative estimate of drug-likeness (QED) is 0.814. The Hall–Kier alpha value is -1.99. The number of nitrogens with zero attached hydrogens (tertiary/aromatic N) is 2. The van der Waals surface area contributed by atoms with Crippen LogP contribution >= 0.6 is 0 Å². The van der Waals surface area contributed by atoms with Crippen LogP contribution < -0.4 is 4.72 Å². The van der Waals surface area contributed by atoms with Crippen molar-refractivity contribution in [2.24, 2.45) is 0 Å². The second-order valence-corrected chi connectivity index (χ2v) is 8.38. The smallest absolute Gasteiger partial charge is 0.307 e. The normalized spacial score (nSPS) is 14.2. The summed E-state index contributed by atoms with van der Waals surface area (Å²) in [6.07, 6.45) is 3.64. The van der Waals surface area contributed by atoms with Gasteiger partial charge >= 0.3 is 5.97 Å². The zero-order valence-corrected chi connectivity index (χ0v) is 15.2. The Morgan fingerprint density at radius 2 is 2.12 bits per heavy atom. The third kappa shape index (κ3) is 4.75. The highest BCUT2D eigenvalue weighted by molar-refractivity contribution is 7.84. The van der Waals surface area contributed by atoms with E-state index in [2.05, 4.69) is 9.82 Å². The molecule has 7 heteroatoms. The van der Waals surface area contributed by atoms with Gasteiger partial charge in [0.2, 0.25) is 0 Å². The number of hydrogen-bond acceptors (Lipinski definition) is 4. The first-order valence-electron chi connectivity index (χ1n) is 7.66. The van der Waals surface area contributed by atoms with Gasteiger partial charge in [-0.3, -0.25) is 4.79 Å². The van der Waals surface area contributed by atoms with E-state index in [0.717, 1.165) is 11.3 Å². The van der Waals surface area contributed by atoms with Crippen LogP contribution in [0.1, 0.15) is 38.8 Å². The van der Waals surface area contributed by atoms with Crippen molar-refractivity contribution in [2.75, 3.05) is 7.11 Å². The number of methoxy groups -OCH3 is 1. The maximum atomic E-state index is 12.5. The van der Waals surface area contributed by atoms with E-state index in [0.29, 0.717) is 0 Å². The predicted octanol–water partition coefficient (Wildman–Crippen LogP) is 2.53. The van der Waals surface area contributed by atoms with Gasteiger partial charge in [0.25, 0.3) is 0 Å². The lowest BCUT2D eigenvalue weighted by Crippen LogP contribution is -2.36. The van der Waals surface area contributed by atoms with Crippen molar-refractivity contribution in [3.8, 4) is 5.69 Å². The molecule has 0 amide bonds. The van der Waals surface area contributed by atoms with E-state index in [1.54, 1.807) is 10.9 Å². The topological polar surface area (TPSA) is 73.2 Å². The van der Waals surface area contributed by atoms with E-state index in [9.17, 15) is 9.00 Å². The molecule has 0 spiro atoms. The lowest BCUT2D eigenvalue weighted by Gasteiger charge is -2.24. The molecule has 6 nitrogen and oxygen atoms in total. The first-order chi connectivity index (χ1) is 11.3. The maximum absolute atomic E-state index is 12.5. The van der Waals surface area contributed by atoms with Crippen LogP contribution in [0.3, 0.4) is 0 Å². The van der Waals surface area contributed by atoms with Crippen molar-refractivity contribution in [3.63, 3.8) is 0 Å². The number of nitrogens with one attached hydrogen (secondary N) is 1. The number of carbonyl (C=O) groups is 1. The predicted molar refractivity (Wildman–Crippen MR) is 94.0 cm³/mol. The summed E-state index contributed by atoms with van der Waals surface area (Å²) < 4.78 is 21.6. The fraction of sp³-hybridized carbons (Fsp3) is 0.412. The summed E-state index contributed by atoms with van der Waals surface area (Å²) in [6.45, 7) is 5.64. The van der Waals surface area contributed by atoms with Crippen molar-refractivity contribution in [3.05, 3.63) is 48.3 Å². The molecule has 0 saturated carbocycles. The number of ether oxygens (including phenoxy) is 1. The summed E-state index contributed by atoms with van der Waals surface area (Å²) in [5, 5.41) is 4.21. The van der Waals surface area contributed by atoms with E-state index in [-0.39, 0.29) is 12.4 Å². The Kier molecular flexibility index (Phi) is 5.90. The monoisotopic (exact) mass is 349 g/mol. The van der Waals surface area contributed by atoms with Crippen LogP contribution in [-0.2, 0) is 20.5 Å². The minimum absolute atomic E-state index is 0.0981. The van der Waals surface area contributed by atoms with Crippen LogP contribution in [0.25, 0.3) is 5.69 Å². The van der Waals surface area contributed by atoms with E-state index >= 15 is 0 Å². The van der Waals surface area contributed by atoms with Gasteiger partial charge in [0, 0.05) is 12.4 Å². The summed E-state index contributed by atoms with van der Waals surface area (Å²) in [5.74, 6) is -0.358. The van der Waals surface area contributed by atoms with E-state index in [1.807, 2.05) is 57.3 Å². The molecule has 2 rings (SSSR count). The molecule has 0 unspecified atom stereocenters. The van der Waals surface area contributed by atoms with Crippen molar-refractivity contribution in [1.29, 1.82) is 0 Å². The third-order valence-electron chi connectivity index (χ3n) is 3.45. The molecule has 1 N–H and O–H groups in total. The molecular formula is C17H23N3O3S. The second-order valence-electron chi connectivity index (χ2n) is 6.38. The largest absolute Gasteiger partial charge is 0.469 e. The molecule has 2 aromatic rings. The molecule has 0 bridgehead atoms. The van der Waals surface area contributed by atoms with Crippen molar-refractivity contribution < 1.29 is 13.7 Å². The van der Waals surface area contributed by atoms with Gasteiger partial charge < -0.3 is 4.74 Å². The molecule has 1 heterocycles. The summed E-state index contributed by atoms with van der Waals surface area (Å²) in [4.78, 5) is 11.8. The molecule has 0 radical (unpaired) electrons. The second kappa shape index (κ2) is 7.72. The van der Waals surface area contributed by atoms with Crippen LogP contribution in [0.15, 0.2) is 42.7 Å². The van der Waals surface area contributed by atoms with Gasteiger partial charge in [-0.1, -0.05) is 12.1 Å². The Morgan fingerprint density at radius 3 is 2.71 bits per heavy atom. The average molecular weight is 349 g/mol. The number of rotatable bonds is 6. The first-order valence-corrected chi connectivity index (χ1v) is 8.81. The van der Waals surface area contributed by atoms with E-state index in [4.69, 9.17) is 4.74 Å². The number of esters is 1. The zero-order valence-electron chi connectivity index (χ0n) is 14.4. The molecule has 0 aliphatic carbocycles. The average Bonchev–Trinajstić information content (AvgIpc) is 3.07. The lowest BCUT2D eigenvalue weighted by atomic mass is 10.0. The molecule has 2 atom stereocenters. The summed E-state index contributed by atoms with van der Waals surface area (Å²) in [7, 11) is 0.0377. The van der Waals surface area contributed by atoms with E-state index < -0.39 is 21.8 Å². The molecular weight excluding hydrogens is 326 g/mol. The summed E-state index contributed by atoms with van der Waals surface area (Å²) >= 11 is 0. The summed E-state index contributed by atoms with van der Waals surface area (Å²) in [5.41, 5.74) is 1.72. The van der Waals surface area contributed by atoms with Crippen molar-refractivity contribution >= 4 is 17.0 Å². The lowest BCUT2D eigenvalue weighted by molar-refractivity contribution is -0.141. The van der Waals surface area contributed by atoms with Gasteiger partial charge in [-0.2, -0.15) is 5.10 Å². The van der Waals surface area contributed by atoms with Gasteiger partial charge in [-0.15, -0.1) is 0 Å². The molecule has 0 aliphatic heterocycles. The molecule has 1 aromatic heterocycles. The molecule has 0 fully saturated rings. The Labute approximate surface area is 144 Å². The number of benzene rings is 1. The highest BCUT2D eigenvalue weighted by Gasteiger charge is 2.25. The maximum Gasteiger partial charge on any atom is 0.307 e. The van der Waals surface area contributed by atoms with Crippen LogP contribution in [-0.4, -0.2) is 31.8 Å². The molecule has 130 valence electrons. The Balaban J connectivity index is 2.31. The Bertz CT molecular complexity index is 708. The minimum atomic E-state index is -1.31. The summed E-state index contributed by atoms with van der Waals surface area (Å²) in [6, 6.07) is 9.06. The standard InChI is InChI=1S/C17H23N3O3S/c1-17(2,3)24(22)19-15(12-16(21)23-4)13-7-5-8-14(11-13)20-10-6-9-18-20/h5-11,15,19H,12H2,1-4H3/t15-,24+/m0/s1. The highest BCUT2D eigenvalue weighted by Crippen LogP contribution is 2.23. The van der Waals surface area contributed by atoms with Crippen molar-refractivity contribution in [1.82, 2.24) is 14.5 Å². The molecule has 1 aromatic carbocycles. The highest BCUT2D eigenvalue weighted by atomic mass is 32.2. The van der Waals surface area contributed by atoms with Crippen LogP contribution in [0.2, 0.25) is 0 Å². The van der Waals surface area contributed by atoms with Crippen LogP contribution in [0.4, 0.5) is 0 Å². The zero-order chi connectivity index (χ0) is 17.7. The van der Waals surface area contributed by atoms with E-state index in [1.165, 1.54) is 7.11 Å². The molecule has 24 heavy (non-hydrogen) atoms. The number of hydrogen-bond donors (Lipinski definition) is 1. The minimum Gasteiger partial charge on any atom is -0.469 e. The van der Waals surface area contributed by atoms with Gasteiger partial charge in [0.15, 0.2) is 0 Å². The molecule has 0 aliphatic rings. The van der Waals surface area contributed by atoms with Crippen LogP contribution in [0.5, 0.6) is 0 Å². The van der Waals surface area contributed by atoms with Gasteiger partial charge in [-0.05, 0) is 44.5 Å². The van der Waals surface area contributed by atoms with Gasteiger partial charge in [-0.25, -0.2) is 13.6 Å². The fourth-order valence-electron chi connectivity index (χ4n) is 2.09. The van der Waals surface area contributed by atoms with Gasteiger partial charge in [0.1, 0.15) is 0 Å². The first kappa shape index (κ1) is 18.4. The fourth-order valence-corrected chi connectivity index (χ4v) is 2.92. The van der Waals surface area contributed by atoms with Gasteiger partial charge in [0.05, 0.1) is 41.0 Å². The number of carbonyl (C=O) groups excluding carboxylic acids is 1. The van der Waals surface area contributed by atoms with Crippen LogP contribution in [0, 0.1) is 0 Å². The Morgan fingerprint density at radius 1 is 1.38 bits per heavy atom. The van der Waals surface area contributed by atoms with Crippen molar-refractivity contribution in [2.45, 2.75) is 38.0 Å². The number of aromatic nitrogens is 2.